The number of rotatable bonds is 4. The summed E-state index contributed by atoms with van der Waals surface area (Å²) >= 11 is 0. The Hall–Kier alpha value is -0.0400. The van der Waals surface area contributed by atoms with Crippen LogP contribution in [-0.2, 0) is 0 Å². The Morgan fingerprint density at radius 3 is 0.765 bits per heavy atom. The first kappa shape index (κ1) is 30.2. The van der Waals surface area contributed by atoms with Crippen molar-refractivity contribution in [3.63, 3.8) is 0 Å². The molecule has 0 radical (unpaired) electrons. The number of hydrogen-bond acceptors (Lipinski definition) is 1. The van der Waals surface area contributed by atoms with Crippen molar-refractivity contribution in [2.75, 3.05) is 6.61 Å². The van der Waals surface area contributed by atoms with Crippen LogP contribution in [0.15, 0.2) is 0 Å². The number of hydrogen-bond donors (Lipinski definition) is 1. The molecule has 0 saturated carbocycles. The lowest BCUT2D eigenvalue weighted by molar-refractivity contribution is 0.318. The summed E-state index contributed by atoms with van der Waals surface area (Å²) < 4.78 is 0. The summed E-state index contributed by atoms with van der Waals surface area (Å²) in [5.74, 6) is 0. The summed E-state index contributed by atoms with van der Waals surface area (Å²) in [6.45, 7) is 18.8. The summed E-state index contributed by atoms with van der Waals surface area (Å²) in [4.78, 5) is 0. The molecule has 0 rings (SSSR count). The first-order valence-electron chi connectivity index (χ1n) is 7.85. The Kier molecular flexibility index (Phi) is 131. The Balaban J connectivity index is -0.0000000385. The van der Waals surface area contributed by atoms with Gasteiger partial charge in [0.25, 0.3) is 0 Å². The van der Waals surface area contributed by atoms with Crippen molar-refractivity contribution in [3.05, 3.63) is 0 Å². The van der Waals surface area contributed by atoms with Crippen molar-refractivity contribution < 1.29 is 5.11 Å². The molecule has 17 heavy (non-hydrogen) atoms. The van der Waals surface area contributed by atoms with Crippen LogP contribution in [0.2, 0.25) is 0 Å². The zero-order chi connectivity index (χ0) is 14.9. The Bertz CT molecular complexity index is 38.8. The Morgan fingerprint density at radius 1 is 0.529 bits per heavy atom. The highest BCUT2D eigenvalue weighted by Gasteiger charge is 1.75. The molecule has 0 atom stereocenters. The summed E-state index contributed by atoms with van der Waals surface area (Å²) in [5.41, 5.74) is 0. The van der Waals surface area contributed by atoms with E-state index >= 15 is 0 Å². The summed E-state index contributed by atoms with van der Waals surface area (Å²) in [7, 11) is 0. The monoisotopic (exact) mass is 250 g/mol. The van der Waals surface area contributed by atoms with Gasteiger partial charge in [-0.05, 0) is 6.92 Å². The molecule has 1 N–H and O–H groups in total. The Morgan fingerprint density at radius 2 is 0.706 bits per heavy atom. The maximum atomic E-state index is 7.57. The quantitative estimate of drug-likeness (QED) is 0.569. The van der Waals surface area contributed by atoms with E-state index < -0.39 is 0 Å². The molecule has 0 aromatic carbocycles. The second-order valence-electron chi connectivity index (χ2n) is 3.02. The fourth-order valence-corrected chi connectivity index (χ4v) is 0.500. The standard InChI is InChI=1S/C6H14.C4H10.C2H6O.2C2H6/c1-3-5-6-4-2;1-3-4-2;1-2-3;2*1-2/h3-6H2,1-2H3;3-4H2,1-2H3;3H,2H2,1H3;2*1-2H3. The topological polar surface area (TPSA) is 20.2 Å². The maximum Gasteiger partial charge on any atom is 0.0402 e. The molecule has 0 aromatic rings. The van der Waals surface area contributed by atoms with Crippen molar-refractivity contribution in [1.82, 2.24) is 0 Å². The van der Waals surface area contributed by atoms with Gasteiger partial charge in [-0.1, -0.05) is 93.9 Å². The van der Waals surface area contributed by atoms with E-state index in [1.54, 1.807) is 6.92 Å². The van der Waals surface area contributed by atoms with Crippen molar-refractivity contribution in [3.8, 4) is 0 Å². The third-order valence-corrected chi connectivity index (χ3v) is 1.46. The van der Waals surface area contributed by atoms with Crippen LogP contribution in [0.25, 0.3) is 0 Å². The van der Waals surface area contributed by atoms with Gasteiger partial charge in [0.1, 0.15) is 0 Å². The molecular weight excluding hydrogens is 208 g/mol. The number of aliphatic hydroxyl groups excluding tert-OH is 1. The highest BCUT2D eigenvalue weighted by molar-refractivity contribution is 4.31. The van der Waals surface area contributed by atoms with Crippen LogP contribution in [-0.4, -0.2) is 11.7 Å². The molecule has 0 aliphatic heterocycles. The lowest BCUT2D eigenvalue weighted by atomic mass is 10.2. The fraction of sp³-hybridized carbons (Fsp3) is 1.00. The molecule has 0 amide bonds. The SMILES string of the molecule is CC.CC.CCCC.CCCCCC.CCO. The largest absolute Gasteiger partial charge is 0.397 e. The van der Waals surface area contributed by atoms with E-state index in [2.05, 4.69) is 27.7 Å². The second-order valence-corrected chi connectivity index (χ2v) is 3.02. The van der Waals surface area contributed by atoms with Gasteiger partial charge in [0, 0.05) is 6.61 Å². The minimum Gasteiger partial charge on any atom is -0.397 e. The van der Waals surface area contributed by atoms with Crippen molar-refractivity contribution in [2.24, 2.45) is 0 Å². The summed E-state index contributed by atoms with van der Waals surface area (Å²) in [5, 5.41) is 7.57. The smallest absolute Gasteiger partial charge is 0.0402 e. The van der Waals surface area contributed by atoms with Gasteiger partial charge in [0.2, 0.25) is 0 Å². The molecule has 1 nitrogen and oxygen atoms in total. The third-order valence-electron chi connectivity index (χ3n) is 1.46. The zero-order valence-corrected chi connectivity index (χ0v) is 14.4. The average molecular weight is 251 g/mol. The Labute approximate surface area is 113 Å². The minimum atomic E-state index is 0.250. The van der Waals surface area contributed by atoms with Gasteiger partial charge >= 0.3 is 0 Å². The number of aliphatic hydroxyl groups is 1. The van der Waals surface area contributed by atoms with E-state index in [1.165, 1.54) is 38.5 Å². The van der Waals surface area contributed by atoms with Gasteiger partial charge in [0.05, 0.1) is 0 Å². The van der Waals surface area contributed by atoms with Crippen molar-refractivity contribution >= 4 is 0 Å². The van der Waals surface area contributed by atoms with E-state index in [-0.39, 0.29) is 6.61 Å². The first-order chi connectivity index (χ1) is 8.24. The van der Waals surface area contributed by atoms with Crippen LogP contribution >= 0.6 is 0 Å². The predicted octanol–water partition coefficient (Wildman–Crippen LogP) is 6.44. The van der Waals surface area contributed by atoms with Crippen LogP contribution in [0.3, 0.4) is 0 Å². The molecule has 0 spiro atoms. The van der Waals surface area contributed by atoms with Crippen molar-refractivity contribution in [1.29, 1.82) is 0 Å². The maximum absolute atomic E-state index is 7.57. The van der Waals surface area contributed by atoms with Crippen LogP contribution in [0.5, 0.6) is 0 Å². The molecule has 0 aromatic heterocycles. The van der Waals surface area contributed by atoms with E-state index in [4.69, 9.17) is 5.11 Å². The van der Waals surface area contributed by atoms with Gasteiger partial charge in [-0.15, -0.1) is 0 Å². The molecule has 0 heterocycles. The fourth-order valence-electron chi connectivity index (χ4n) is 0.500. The van der Waals surface area contributed by atoms with E-state index in [1.807, 2.05) is 27.7 Å². The minimum absolute atomic E-state index is 0.250. The highest BCUT2D eigenvalue weighted by atomic mass is 16.2. The van der Waals surface area contributed by atoms with Crippen LogP contribution < -0.4 is 0 Å². The molecule has 0 unspecified atom stereocenters. The zero-order valence-electron chi connectivity index (χ0n) is 14.4. The lowest BCUT2D eigenvalue weighted by Gasteiger charge is -1.86. The van der Waals surface area contributed by atoms with E-state index in [0.717, 1.165) is 0 Å². The molecule has 0 aliphatic carbocycles. The summed E-state index contributed by atoms with van der Waals surface area (Å²) in [6, 6.07) is 0. The predicted molar refractivity (Wildman–Crippen MR) is 85.9 cm³/mol. The normalized spacial score (nSPS) is 6.71. The molecule has 0 aliphatic rings. The van der Waals surface area contributed by atoms with Gasteiger partial charge in [-0.25, -0.2) is 0 Å². The molecular formula is C16H42O. The first-order valence-corrected chi connectivity index (χ1v) is 7.85. The summed E-state index contributed by atoms with van der Waals surface area (Å²) in [6.07, 6.45) is 8.18. The van der Waals surface area contributed by atoms with Crippen molar-refractivity contribution in [2.45, 2.75) is 101 Å². The molecule has 0 fully saturated rings. The molecule has 1 heteroatoms. The van der Waals surface area contributed by atoms with Gasteiger partial charge < -0.3 is 5.11 Å². The van der Waals surface area contributed by atoms with E-state index in [0.29, 0.717) is 0 Å². The van der Waals surface area contributed by atoms with Crippen LogP contribution in [0.1, 0.15) is 101 Å². The average Bonchev–Trinajstić information content (AvgIpc) is 2.42. The van der Waals surface area contributed by atoms with Crippen LogP contribution in [0.4, 0.5) is 0 Å². The molecule has 112 valence electrons. The van der Waals surface area contributed by atoms with Gasteiger partial charge in [0.15, 0.2) is 0 Å². The highest BCUT2D eigenvalue weighted by Crippen LogP contribution is 1.95. The molecule has 0 bridgehead atoms. The van der Waals surface area contributed by atoms with Gasteiger partial charge in [-0.3, -0.25) is 0 Å². The van der Waals surface area contributed by atoms with Gasteiger partial charge in [-0.2, -0.15) is 0 Å². The molecule has 0 saturated heterocycles. The number of unbranched alkanes of at least 4 members (excludes halogenated alkanes) is 4. The van der Waals surface area contributed by atoms with Crippen LogP contribution in [0, 0.1) is 0 Å². The second kappa shape index (κ2) is 73.7. The lowest BCUT2D eigenvalue weighted by Crippen LogP contribution is -1.66. The van der Waals surface area contributed by atoms with E-state index in [9.17, 15) is 0 Å². The third kappa shape index (κ3) is 198.